The fourth-order valence-corrected chi connectivity index (χ4v) is 2.65. The fraction of sp³-hybridized carbons (Fsp3) is 0.222. The summed E-state index contributed by atoms with van der Waals surface area (Å²) in [4.78, 5) is 0. The van der Waals surface area contributed by atoms with Crippen molar-refractivity contribution in [1.29, 1.82) is 0 Å². The van der Waals surface area contributed by atoms with E-state index in [1.54, 1.807) is 14.2 Å². The Kier molecular flexibility index (Phi) is 6.19. The second kappa shape index (κ2) is 8.35. The number of methoxy groups -OCH3 is 2. The summed E-state index contributed by atoms with van der Waals surface area (Å²) in [6.45, 7) is 0.842. The van der Waals surface area contributed by atoms with Gasteiger partial charge in [-0.3, -0.25) is 0 Å². The molecule has 0 aliphatic heterocycles. The number of anilines is 1. The molecule has 0 unspecified atom stereocenters. The van der Waals surface area contributed by atoms with Crippen LogP contribution in [0.15, 0.2) is 40.9 Å². The van der Waals surface area contributed by atoms with E-state index in [1.807, 2.05) is 36.4 Å². The lowest BCUT2D eigenvalue weighted by Crippen LogP contribution is -2.02. The van der Waals surface area contributed by atoms with E-state index < -0.39 is 0 Å². The van der Waals surface area contributed by atoms with Gasteiger partial charge in [0, 0.05) is 12.2 Å². The van der Waals surface area contributed by atoms with Gasteiger partial charge in [0.2, 0.25) is 0 Å². The van der Waals surface area contributed by atoms with Gasteiger partial charge in [-0.2, -0.15) is 0 Å². The highest BCUT2D eigenvalue weighted by atomic mass is 79.9. The van der Waals surface area contributed by atoms with Crippen LogP contribution in [0.2, 0.25) is 0 Å². The van der Waals surface area contributed by atoms with Gasteiger partial charge in [-0.1, -0.05) is 5.92 Å². The Balaban J connectivity index is 2.10. The van der Waals surface area contributed by atoms with Crippen molar-refractivity contribution in [2.75, 3.05) is 26.1 Å². The average Bonchev–Trinajstić information content (AvgIpc) is 2.59. The summed E-state index contributed by atoms with van der Waals surface area (Å²) < 4.78 is 16.8. The summed E-state index contributed by atoms with van der Waals surface area (Å²) in [5.74, 6) is 4.52. The van der Waals surface area contributed by atoms with Crippen LogP contribution in [0.1, 0.15) is 5.56 Å². The Bertz CT molecular complexity index is 693. The highest BCUT2D eigenvalue weighted by Crippen LogP contribution is 2.36. The van der Waals surface area contributed by atoms with Gasteiger partial charge in [-0.05, 0) is 57.9 Å². The van der Waals surface area contributed by atoms with E-state index in [2.05, 4.69) is 27.2 Å². The van der Waals surface area contributed by atoms with E-state index in [0.717, 1.165) is 21.5 Å². The molecule has 0 aliphatic carbocycles. The minimum atomic E-state index is 0.193. The molecule has 4 nitrogen and oxygen atoms in total. The molecule has 0 atom stereocenters. The number of hydrogen-bond acceptors (Lipinski definition) is 4. The molecule has 0 aliphatic rings. The highest BCUT2D eigenvalue weighted by molar-refractivity contribution is 9.10. The second-order valence-corrected chi connectivity index (χ2v) is 5.54. The van der Waals surface area contributed by atoms with Crippen molar-refractivity contribution in [2.45, 2.75) is 6.54 Å². The summed E-state index contributed by atoms with van der Waals surface area (Å²) in [5, 5.41) is 3.35. The lowest BCUT2D eigenvalue weighted by molar-refractivity contribution is 0.328. The van der Waals surface area contributed by atoms with Crippen molar-refractivity contribution in [3.8, 4) is 29.6 Å². The topological polar surface area (TPSA) is 39.7 Å². The monoisotopic (exact) mass is 375 g/mol. The molecule has 0 radical (unpaired) electrons. The van der Waals surface area contributed by atoms with Gasteiger partial charge in [0.05, 0.1) is 18.7 Å². The first-order chi connectivity index (χ1) is 11.2. The first-order valence-electron chi connectivity index (χ1n) is 6.98. The molecule has 2 aromatic carbocycles. The molecule has 0 saturated heterocycles. The van der Waals surface area contributed by atoms with E-state index in [4.69, 9.17) is 20.6 Å². The molecule has 5 heteroatoms. The van der Waals surface area contributed by atoms with Gasteiger partial charge in [0.15, 0.2) is 11.5 Å². The lowest BCUT2D eigenvalue weighted by Gasteiger charge is -2.14. The number of rotatable bonds is 7. The molecule has 0 amide bonds. The number of nitrogens with one attached hydrogen (secondary N) is 1. The molecule has 0 heterocycles. The van der Waals surface area contributed by atoms with Crippen LogP contribution in [0, 0.1) is 12.3 Å². The fourth-order valence-electron chi connectivity index (χ4n) is 2.04. The van der Waals surface area contributed by atoms with Crippen LogP contribution >= 0.6 is 15.9 Å². The number of benzene rings is 2. The third-order valence-electron chi connectivity index (χ3n) is 3.18. The third kappa shape index (κ3) is 4.57. The van der Waals surface area contributed by atoms with E-state index >= 15 is 0 Å². The summed E-state index contributed by atoms with van der Waals surface area (Å²) >= 11 is 3.50. The van der Waals surface area contributed by atoms with E-state index in [0.29, 0.717) is 18.0 Å². The van der Waals surface area contributed by atoms with Crippen molar-refractivity contribution >= 4 is 21.6 Å². The minimum absolute atomic E-state index is 0.193. The summed E-state index contributed by atoms with van der Waals surface area (Å²) in [6.07, 6.45) is 5.23. The zero-order chi connectivity index (χ0) is 16.7. The molecule has 0 saturated carbocycles. The van der Waals surface area contributed by atoms with E-state index in [1.165, 1.54) is 0 Å². The molecular weight excluding hydrogens is 358 g/mol. The maximum atomic E-state index is 5.51. The number of ether oxygens (including phenoxy) is 3. The normalized spacial score (nSPS) is 9.83. The van der Waals surface area contributed by atoms with Crippen molar-refractivity contribution < 1.29 is 14.2 Å². The summed E-state index contributed by atoms with van der Waals surface area (Å²) in [5.41, 5.74) is 2.06. The Labute approximate surface area is 144 Å². The number of terminal acetylenes is 1. The highest BCUT2D eigenvalue weighted by Gasteiger charge is 2.11. The van der Waals surface area contributed by atoms with Crippen molar-refractivity contribution in [3.05, 3.63) is 46.4 Å². The SMILES string of the molecule is C#CCOc1c(Br)cc(CNc2ccc(OC)cc2)cc1OC. The third-order valence-corrected chi connectivity index (χ3v) is 3.76. The number of halogens is 1. The van der Waals surface area contributed by atoms with Crippen LogP contribution in [0.4, 0.5) is 5.69 Å². The molecule has 0 aromatic heterocycles. The Hall–Kier alpha value is -2.32. The van der Waals surface area contributed by atoms with Crippen LogP contribution in [-0.4, -0.2) is 20.8 Å². The van der Waals surface area contributed by atoms with Crippen LogP contribution in [0.3, 0.4) is 0 Å². The van der Waals surface area contributed by atoms with E-state index in [-0.39, 0.29) is 6.61 Å². The van der Waals surface area contributed by atoms with Gasteiger partial charge >= 0.3 is 0 Å². The second-order valence-electron chi connectivity index (χ2n) is 4.68. The molecule has 2 aromatic rings. The van der Waals surface area contributed by atoms with Crippen LogP contribution < -0.4 is 19.5 Å². The quantitative estimate of drug-likeness (QED) is 0.739. The van der Waals surface area contributed by atoms with Crippen molar-refractivity contribution in [1.82, 2.24) is 0 Å². The first-order valence-corrected chi connectivity index (χ1v) is 7.77. The van der Waals surface area contributed by atoms with Crippen LogP contribution in [0.5, 0.6) is 17.2 Å². The minimum Gasteiger partial charge on any atom is -0.497 e. The van der Waals surface area contributed by atoms with Gasteiger partial charge in [-0.15, -0.1) is 6.42 Å². The standard InChI is InChI=1S/C18H18BrNO3/c1-4-9-23-18-16(19)10-13(11-17(18)22-3)12-20-14-5-7-15(21-2)8-6-14/h1,5-8,10-11,20H,9,12H2,2-3H3. The molecule has 0 bridgehead atoms. The Morgan fingerprint density at radius 2 is 1.87 bits per heavy atom. The van der Waals surface area contributed by atoms with Crippen molar-refractivity contribution in [3.63, 3.8) is 0 Å². The van der Waals surface area contributed by atoms with Gasteiger partial charge in [0.25, 0.3) is 0 Å². The summed E-state index contributed by atoms with van der Waals surface area (Å²) in [6, 6.07) is 11.7. The maximum absolute atomic E-state index is 5.51. The molecule has 23 heavy (non-hydrogen) atoms. The first kappa shape index (κ1) is 17.0. The lowest BCUT2D eigenvalue weighted by atomic mass is 10.2. The zero-order valence-electron chi connectivity index (χ0n) is 13.1. The zero-order valence-corrected chi connectivity index (χ0v) is 14.6. The predicted molar refractivity (Wildman–Crippen MR) is 95.3 cm³/mol. The molecular formula is C18H18BrNO3. The van der Waals surface area contributed by atoms with E-state index in [9.17, 15) is 0 Å². The van der Waals surface area contributed by atoms with Gasteiger partial charge < -0.3 is 19.5 Å². The average molecular weight is 376 g/mol. The maximum Gasteiger partial charge on any atom is 0.176 e. The van der Waals surface area contributed by atoms with Gasteiger partial charge in [-0.25, -0.2) is 0 Å². The summed E-state index contributed by atoms with van der Waals surface area (Å²) in [7, 11) is 3.25. The van der Waals surface area contributed by atoms with Gasteiger partial charge in [0.1, 0.15) is 12.4 Å². The predicted octanol–water partition coefficient (Wildman–Crippen LogP) is 4.09. The number of hydrogen-bond donors (Lipinski definition) is 1. The van der Waals surface area contributed by atoms with Crippen molar-refractivity contribution in [2.24, 2.45) is 0 Å². The molecule has 2 rings (SSSR count). The van der Waals surface area contributed by atoms with Crippen LogP contribution in [0.25, 0.3) is 0 Å². The Morgan fingerprint density at radius 3 is 2.48 bits per heavy atom. The molecule has 120 valence electrons. The largest absolute Gasteiger partial charge is 0.497 e. The smallest absolute Gasteiger partial charge is 0.176 e. The molecule has 1 N–H and O–H groups in total. The molecule has 0 fully saturated rings. The Morgan fingerprint density at radius 1 is 1.13 bits per heavy atom. The molecule has 0 spiro atoms. The van der Waals surface area contributed by atoms with Crippen LogP contribution in [-0.2, 0) is 6.54 Å².